The normalized spacial score (nSPS) is 47.5. The summed E-state index contributed by atoms with van der Waals surface area (Å²) in [6.07, 6.45) is 11.3. The Morgan fingerprint density at radius 3 is 2.68 bits per heavy atom. The molecule has 1 N–H and O–H groups in total. The second-order valence-electron chi connectivity index (χ2n) is 9.31. The summed E-state index contributed by atoms with van der Waals surface area (Å²) in [6, 6.07) is 0. The van der Waals surface area contributed by atoms with Gasteiger partial charge < -0.3 is 9.94 Å². The van der Waals surface area contributed by atoms with Crippen molar-refractivity contribution in [3.05, 3.63) is 11.6 Å². The first-order valence-electron chi connectivity index (χ1n) is 9.97. The highest BCUT2D eigenvalue weighted by molar-refractivity contribution is 5.96. The molecule has 0 amide bonds. The number of hydrogen-bond acceptors (Lipinski definition) is 4. The Kier molecular flexibility index (Phi) is 4.01. The number of ether oxygens (including phenoxy) is 1. The summed E-state index contributed by atoms with van der Waals surface area (Å²) >= 11 is 0. The lowest BCUT2D eigenvalue weighted by atomic mass is 9.47. The van der Waals surface area contributed by atoms with Gasteiger partial charge in [0.15, 0.2) is 0 Å². The Bertz CT molecular complexity index is 639. The minimum atomic E-state index is -0.127. The van der Waals surface area contributed by atoms with Gasteiger partial charge >= 0.3 is 5.97 Å². The standard InChI is InChI=1S/C21H31NO3/c1-13(23)25-19-7-6-17-16-5-4-14-12-15(22-24)8-10-20(14,2)18(16)9-11-21(17,19)3/h12,16-19,24H,4-11H2,1-3H3/b22-15-/t16-,17-,18-,19+,20+,21+/m1/s1. The van der Waals surface area contributed by atoms with Crippen molar-refractivity contribution in [3.8, 4) is 0 Å². The number of nitrogens with zero attached hydrogens (tertiary/aromatic N) is 1. The average molecular weight is 345 g/mol. The van der Waals surface area contributed by atoms with E-state index in [1.807, 2.05) is 0 Å². The van der Waals surface area contributed by atoms with Gasteiger partial charge in [-0.1, -0.05) is 24.6 Å². The van der Waals surface area contributed by atoms with Crippen LogP contribution >= 0.6 is 0 Å². The van der Waals surface area contributed by atoms with Crippen molar-refractivity contribution in [2.75, 3.05) is 0 Å². The van der Waals surface area contributed by atoms with Gasteiger partial charge in [-0.2, -0.15) is 0 Å². The Morgan fingerprint density at radius 1 is 1.16 bits per heavy atom. The van der Waals surface area contributed by atoms with Crippen LogP contribution < -0.4 is 0 Å². The molecule has 25 heavy (non-hydrogen) atoms. The first kappa shape index (κ1) is 17.1. The van der Waals surface area contributed by atoms with Gasteiger partial charge in [-0.15, -0.1) is 0 Å². The van der Waals surface area contributed by atoms with Crippen LogP contribution in [-0.4, -0.2) is 23.0 Å². The first-order valence-corrected chi connectivity index (χ1v) is 9.97. The molecule has 4 aliphatic rings. The molecule has 6 atom stereocenters. The van der Waals surface area contributed by atoms with E-state index in [9.17, 15) is 4.79 Å². The van der Waals surface area contributed by atoms with Gasteiger partial charge in [0.25, 0.3) is 0 Å². The highest BCUT2D eigenvalue weighted by atomic mass is 16.5. The summed E-state index contributed by atoms with van der Waals surface area (Å²) in [4.78, 5) is 11.5. The Labute approximate surface area is 150 Å². The van der Waals surface area contributed by atoms with E-state index in [0.29, 0.717) is 5.92 Å². The van der Waals surface area contributed by atoms with E-state index in [1.165, 1.54) is 31.3 Å². The molecule has 0 aromatic carbocycles. The van der Waals surface area contributed by atoms with E-state index in [2.05, 4.69) is 25.1 Å². The van der Waals surface area contributed by atoms with E-state index < -0.39 is 0 Å². The minimum Gasteiger partial charge on any atom is -0.462 e. The molecule has 4 nitrogen and oxygen atoms in total. The largest absolute Gasteiger partial charge is 0.462 e. The van der Waals surface area contributed by atoms with E-state index in [0.717, 1.165) is 43.2 Å². The van der Waals surface area contributed by atoms with E-state index in [1.54, 1.807) is 6.92 Å². The predicted molar refractivity (Wildman–Crippen MR) is 96.5 cm³/mol. The molecule has 4 aliphatic carbocycles. The molecule has 3 saturated carbocycles. The predicted octanol–water partition coefficient (Wildman–Crippen LogP) is 4.71. The van der Waals surface area contributed by atoms with Crippen LogP contribution in [0.1, 0.15) is 72.1 Å². The molecule has 0 spiro atoms. The molecule has 0 aromatic heterocycles. The fourth-order valence-corrected chi connectivity index (χ4v) is 7.00. The first-order chi connectivity index (χ1) is 11.9. The van der Waals surface area contributed by atoms with Crippen molar-refractivity contribution in [1.82, 2.24) is 0 Å². The van der Waals surface area contributed by atoms with Gasteiger partial charge in [0, 0.05) is 12.3 Å². The molecule has 0 aromatic rings. The van der Waals surface area contributed by atoms with Crippen LogP contribution in [0.15, 0.2) is 16.8 Å². The molecule has 0 aliphatic heterocycles. The van der Waals surface area contributed by atoms with Crippen molar-refractivity contribution in [2.24, 2.45) is 33.7 Å². The SMILES string of the molecule is CC(=O)O[C@H]1CC[C@@H]2[C@H]3CCC4=C/C(=N\O)CC[C@]4(C)[C@@H]3CC[C@]12C. The summed E-state index contributed by atoms with van der Waals surface area (Å²) < 4.78 is 5.73. The summed E-state index contributed by atoms with van der Waals surface area (Å²) in [5.74, 6) is 2.02. The summed E-state index contributed by atoms with van der Waals surface area (Å²) in [7, 11) is 0. The maximum Gasteiger partial charge on any atom is 0.302 e. The highest BCUT2D eigenvalue weighted by Crippen LogP contribution is 2.65. The van der Waals surface area contributed by atoms with Gasteiger partial charge in [-0.05, 0) is 80.6 Å². The van der Waals surface area contributed by atoms with Crippen LogP contribution in [0.5, 0.6) is 0 Å². The quantitative estimate of drug-likeness (QED) is 0.425. The van der Waals surface area contributed by atoms with Crippen LogP contribution in [0.2, 0.25) is 0 Å². The van der Waals surface area contributed by atoms with Crippen molar-refractivity contribution < 1.29 is 14.7 Å². The van der Waals surface area contributed by atoms with Crippen molar-refractivity contribution in [2.45, 2.75) is 78.2 Å². The number of fused-ring (bicyclic) bond motifs is 5. The van der Waals surface area contributed by atoms with Crippen molar-refractivity contribution in [1.29, 1.82) is 0 Å². The van der Waals surface area contributed by atoms with Crippen molar-refractivity contribution >= 4 is 11.7 Å². The second-order valence-corrected chi connectivity index (χ2v) is 9.31. The smallest absolute Gasteiger partial charge is 0.302 e. The number of oxime groups is 1. The monoisotopic (exact) mass is 345 g/mol. The number of allylic oxidation sites excluding steroid dienone is 2. The second kappa shape index (κ2) is 5.85. The Balaban J connectivity index is 1.61. The number of hydrogen-bond donors (Lipinski definition) is 1. The zero-order chi connectivity index (χ0) is 17.8. The van der Waals surface area contributed by atoms with E-state index in [-0.39, 0.29) is 22.9 Å². The fraction of sp³-hybridized carbons (Fsp3) is 0.810. The molecule has 4 rings (SSSR count). The lowest BCUT2D eigenvalue weighted by Crippen LogP contribution is -2.51. The minimum absolute atomic E-state index is 0.111. The zero-order valence-electron chi connectivity index (χ0n) is 15.8. The van der Waals surface area contributed by atoms with Crippen LogP contribution in [0.25, 0.3) is 0 Å². The molecular formula is C21H31NO3. The third kappa shape index (κ3) is 2.47. The van der Waals surface area contributed by atoms with Gasteiger partial charge in [0.05, 0.1) is 5.71 Å². The number of rotatable bonds is 1. The van der Waals surface area contributed by atoms with Gasteiger partial charge in [0.1, 0.15) is 6.10 Å². The van der Waals surface area contributed by atoms with Crippen LogP contribution in [0.4, 0.5) is 0 Å². The summed E-state index contributed by atoms with van der Waals surface area (Å²) in [6.45, 7) is 6.37. The fourth-order valence-electron chi connectivity index (χ4n) is 7.00. The molecule has 0 bridgehead atoms. The maximum absolute atomic E-state index is 11.5. The molecule has 4 heteroatoms. The molecule has 0 heterocycles. The summed E-state index contributed by atoms with van der Waals surface area (Å²) in [5.41, 5.74) is 2.78. The molecule has 0 radical (unpaired) electrons. The molecular weight excluding hydrogens is 314 g/mol. The highest BCUT2D eigenvalue weighted by Gasteiger charge is 2.59. The lowest BCUT2D eigenvalue weighted by molar-refractivity contribution is -0.157. The molecule has 0 saturated heterocycles. The van der Waals surface area contributed by atoms with Gasteiger partial charge in [-0.25, -0.2) is 0 Å². The third-order valence-electron chi connectivity index (χ3n) is 8.33. The number of carbonyl (C=O) groups excluding carboxylic acids is 1. The third-order valence-corrected chi connectivity index (χ3v) is 8.33. The zero-order valence-corrected chi connectivity index (χ0v) is 15.8. The topological polar surface area (TPSA) is 58.9 Å². The molecule has 138 valence electrons. The average Bonchev–Trinajstić information content (AvgIpc) is 2.90. The van der Waals surface area contributed by atoms with E-state index >= 15 is 0 Å². The Morgan fingerprint density at radius 2 is 1.96 bits per heavy atom. The van der Waals surface area contributed by atoms with Crippen molar-refractivity contribution in [3.63, 3.8) is 0 Å². The number of carbonyl (C=O) groups is 1. The lowest BCUT2D eigenvalue weighted by Gasteiger charge is -2.57. The van der Waals surface area contributed by atoms with Crippen LogP contribution in [0, 0.1) is 28.6 Å². The molecule has 0 unspecified atom stereocenters. The molecule has 3 fully saturated rings. The summed E-state index contributed by atoms with van der Waals surface area (Å²) in [5, 5.41) is 12.6. The van der Waals surface area contributed by atoms with Gasteiger partial charge in [0.2, 0.25) is 0 Å². The van der Waals surface area contributed by atoms with Gasteiger partial charge in [-0.3, -0.25) is 4.79 Å². The van der Waals surface area contributed by atoms with E-state index in [4.69, 9.17) is 9.94 Å². The number of esters is 1. The Hall–Kier alpha value is -1.32. The maximum atomic E-state index is 11.5. The van der Waals surface area contributed by atoms with Crippen LogP contribution in [0.3, 0.4) is 0 Å². The van der Waals surface area contributed by atoms with Crippen LogP contribution in [-0.2, 0) is 9.53 Å².